The number of anilines is 1. The lowest BCUT2D eigenvalue weighted by Crippen LogP contribution is -2.31. The van der Waals surface area contributed by atoms with Crippen LogP contribution in [0.4, 0.5) is 19.0 Å². The summed E-state index contributed by atoms with van der Waals surface area (Å²) in [6, 6.07) is 15.5. The SMILES string of the molecule is CCCc1cccc(CC)c1-n1nc2c(c1-c1ccc(C)c3[nH]ccc13)CN(c1ccc(C(F)(F)F)cn1)CC2. The van der Waals surface area contributed by atoms with Gasteiger partial charge < -0.3 is 9.88 Å². The van der Waals surface area contributed by atoms with Crippen LogP contribution in [0, 0.1) is 6.92 Å². The van der Waals surface area contributed by atoms with Crippen LogP contribution < -0.4 is 4.90 Å². The second kappa shape index (κ2) is 10.2. The zero-order valence-electron chi connectivity index (χ0n) is 22.9. The summed E-state index contributed by atoms with van der Waals surface area (Å²) in [6.45, 7) is 7.60. The van der Waals surface area contributed by atoms with Crippen molar-refractivity contribution in [3.05, 3.63) is 94.4 Å². The first-order valence-corrected chi connectivity index (χ1v) is 13.9. The molecule has 0 amide bonds. The van der Waals surface area contributed by atoms with Crippen LogP contribution in [0.2, 0.25) is 0 Å². The number of benzene rings is 2. The normalized spacial score (nSPS) is 13.7. The number of hydrogen-bond acceptors (Lipinski definition) is 3. The molecule has 5 nitrogen and oxygen atoms in total. The Morgan fingerprint density at radius 3 is 2.55 bits per heavy atom. The number of aromatic nitrogens is 4. The summed E-state index contributed by atoms with van der Waals surface area (Å²) in [5, 5.41) is 6.37. The zero-order chi connectivity index (χ0) is 28.0. The van der Waals surface area contributed by atoms with Gasteiger partial charge in [-0.1, -0.05) is 50.6 Å². The first-order valence-electron chi connectivity index (χ1n) is 13.9. The molecule has 206 valence electrons. The van der Waals surface area contributed by atoms with Gasteiger partial charge in [0.2, 0.25) is 0 Å². The van der Waals surface area contributed by atoms with Crippen LogP contribution in [-0.2, 0) is 32.0 Å². The first kappa shape index (κ1) is 26.2. The predicted molar refractivity (Wildman–Crippen MR) is 153 cm³/mol. The average molecular weight is 544 g/mol. The molecule has 0 saturated carbocycles. The summed E-state index contributed by atoms with van der Waals surface area (Å²) in [5.41, 5.74) is 9.40. The van der Waals surface area contributed by atoms with E-state index in [-0.39, 0.29) is 0 Å². The van der Waals surface area contributed by atoms with Gasteiger partial charge in [-0.15, -0.1) is 0 Å². The van der Waals surface area contributed by atoms with E-state index in [4.69, 9.17) is 5.10 Å². The van der Waals surface area contributed by atoms with Gasteiger partial charge in [0, 0.05) is 53.9 Å². The third-order valence-electron chi connectivity index (χ3n) is 7.94. The van der Waals surface area contributed by atoms with E-state index in [0.717, 1.165) is 70.6 Å². The minimum absolute atomic E-state index is 0.514. The number of aryl methyl sites for hydroxylation is 3. The van der Waals surface area contributed by atoms with Crippen molar-refractivity contribution in [1.82, 2.24) is 19.7 Å². The fourth-order valence-corrected chi connectivity index (χ4v) is 5.93. The molecular weight excluding hydrogens is 511 g/mol. The molecule has 1 aliphatic heterocycles. The second-order valence-electron chi connectivity index (χ2n) is 10.5. The molecule has 0 atom stereocenters. The molecule has 4 heterocycles. The van der Waals surface area contributed by atoms with Gasteiger partial charge in [0.05, 0.1) is 22.6 Å². The lowest BCUT2D eigenvalue weighted by atomic mass is 9.96. The number of H-pyrrole nitrogens is 1. The Hall–Kier alpha value is -4.07. The van der Waals surface area contributed by atoms with Crippen molar-refractivity contribution in [3.8, 4) is 16.9 Å². The van der Waals surface area contributed by atoms with Crippen LogP contribution in [0.1, 0.15) is 53.8 Å². The lowest BCUT2D eigenvalue weighted by Gasteiger charge is -2.28. The summed E-state index contributed by atoms with van der Waals surface area (Å²) >= 11 is 0. The van der Waals surface area contributed by atoms with Gasteiger partial charge in [-0.25, -0.2) is 9.67 Å². The molecule has 2 aromatic carbocycles. The third-order valence-corrected chi connectivity index (χ3v) is 7.94. The standard InChI is InChI=1S/C32H32F3N5/c1-4-7-22-9-6-8-21(5-2)30(22)40-31(25-12-10-20(3)29-24(25)14-16-36-29)26-19-39(17-15-27(26)38-40)28-13-11-23(18-37-28)32(33,34)35/h6,8-14,16,18,36H,4-5,7,15,17,19H2,1-3H3. The summed E-state index contributed by atoms with van der Waals surface area (Å²) in [6.07, 6.45) is 2.01. The van der Waals surface area contributed by atoms with Gasteiger partial charge in [-0.3, -0.25) is 0 Å². The van der Waals surface area contributed by atoms with Crippen molar-refractivity contribution in [3.63, 3.8) is 0 Å². The molecule has 0 bridgehead atoms. The predicted octanol–water partition coefficient (Wildman–Crippen LogP) is 7.82. The molecule has 0 fully saturated rings. The number of para-hydroxylation sites is 1. The lowest BCUT2D eigenvalue weighted by molar-refractivity contribution is -0.137. The molecule has 40 heavy (non-hydrogen) atoms. The van der Waals surface area contributed by atoms with Crippen molar-refractivity contribution in [2.75, 3.05) is 11.4 Å². The Balaban J connectivity index is 1.55. The summed E-state index contributed by atoms with van der Waals surface area (Å²) in [5.74, 6) is 0.536. The number of alkyl halides is 3. The Morgan fingerprint density at radius 1 is 1.00 bits per heavy atom. The maximum atomic E-state index is 13.2. The number of nitrogens with zero attached hydrogens (tertiary/aromatic N) is 4. The molecule has 6 rings (SSSR count). The van der Waals surface area contributed by atoms with Crippen LogP contribution in [0.5, 0.6) is 0 Å². The van der Waals surface area contributed by atoms with E-state index >= 15 is 0 Å². The van der Waals surface area contributed by atoms with Gasteiger partial charge in [-0.05, 0) is 54.7 Å². The maximum Gasteiger partial charge on any atom is 0.417 e. The third kappa shape index (κ3) is 4.45. The largest absolute Gasteiger partial charge is 0.417 e. The Kier molecular flexibility index (Phi) is 6.64. The van der Waals surface area contributed by atoms with Gasteiger partial charge in [0.25, 0.3) is 0 Å². The molecule has 8 heteroatoms. The van der Waals surface area contributed by atoms with E-state index in [1.54, 1.807) is 0 Å². The van der Waals surface area contributed by atoms with E-state index < -0.39 is 11.7 Å². The summed E-state index contributed by atoms with van der Waals surface area (Å²) < 4.78 is 41.7. The second-order valence-corrected chi connectivity index (χ2v) is 10.5. The number of aromatic amines is 1. The van der Waals surface area contributed by atoms with E-state index in [1.807, 2.05) is 6.20 Å². The first-order chi connectivity index (χ1) is 19.3. The fourth-order valence-electron chi connectivity index (χ4n) is 5.93. The molecule has 1 N–H and O–H groups in total. The van der Waals surface area contributed by atoms with Crippen LogP contribution in [0.3, 0.4) is 0 Å². The summed E-state index contributed by atoms with van der Waals surface area (Å²) in [7, 11) is 0. The molecule has 5 aromatic rings. The highest BCUT2D eigenvalue weighted by atomic mass is 19.4. The molecule has 0 aliphatic carbocycles. The average Bonchev–Trinajstić information content (AvgIpc) is 3.59. The van der Waals surface area contributed by atoms with Crippen LogP contribution in [-0.4, -0.2) is 26.3 Å². The monoisotopic (exact) mass is 543 g/mol. The van der Waals surface area contributed by atoms with Gasteiger partial charge in [0.1, 0.15) is 5.82 Å². The minimum Gasteiger partial charge on any atom is -0.361 e. The Labute approximate surface area is 231 Å². The molecule has 0 unspecified atom stereocenters. The van der Waals surface area contributed by atoms with Crippen molar-refractivity contribution in [2.24, 2.45) is 0 Å². The van der Waals surface area contributed by atoms with Crippen LogP contribution in [0.25, 0.3) is 27.8 Å². The summed E-state index contributed by atoms with van der Waals surface area (Å²) in [4.78, 5) is 9.65. The number of fused-ring (bicyclic) bond motifs is 2. The highest BCUT2D eigenvalue weighted by Crippen LogP contribution is 2.39. The maximum absolute atomic E-state index is 13.2. The number of hydrogen-bond donors (Lipinski definition) is 1. The Bertz CT molecular complexity index is 1680. The van der Waals surface area contributed by atoms with Crippen molar-refractivity contribution >= 4 is 16.7 Å². The molecule has 3 aromatic heterocycles. The van der Waals surface area contributed by atoms with E-state index in [9.17, 15) is 13.2 Å². The Morgan fingerprint density at radius 2 is 1.82 bits per heavy atom. The van der Waals surface area contributed by atoms with Crippen molar-refractivity contribution < 1.29 is 13.2 Å². The molecule has 0 radical (unpaired) electrons. The van der Waals surface area contributed by atoms with Crippen molar-refractivity contribution in [2.45, 2.75) is 59.2 Å². The minimum atomic E-state index is -4.41. The highest BCUT2D eigenvalue weighted by molar-refractivity contribution is 5.97. The number of nitrogens with one attached hydrogen (secondary N) is 1. The number of pyridine rings is 1. The molecule has 0 spiro atoms. The quantitative estimate of drug-likeness (QED) is 0.238. The number of rotatable bonds is 6. The molecular formula is C32H32F3N5. The van der Waals surface area contributed by atoms with E-state index in [1.165, 1.54) is 22.8 Å². The van der Waals surface area contributed by atoms with Gasteiger partial charge in [0.15, 0.2) is 0 Å². The zero-order valence-corrected chi connectivity index (χ0v) is 22.9. The van der Waals surface area contributed by atoms with E-state index in [2.05, 4.69) is 76.7 Å². The fraction of sp³-hybridized carbons (Fsp3) is 0.312. The highest BCUT2D eigenvalue weighted by Gasteiger charge is 2.32. The van der Waals surface area contributed by atoms with Gasteiger partial charge in [-0.2, -0.15) is 18.3 Å². The van der Waals surface area contributed by atoms with Crippen molar-refractivity contribution in [1.29, 1.82) is 0 Å². The van der Waals surface area contributed by atoms with E-state index in [0.29, 0.717) is 25.3 Å². The molecule has 1 aliphatic rings. The van der Waals surface area contributed by atoms with Crippen LogP contribution in [0.15, 0.2) is 60.9 Å². The topological polar surface area (TPSA) is 49.7 Å². The molecule has 0 saturated heterocycles. The van der Waals surface area contributed by atoms with Crippen LogP contribution >= 0.6 is 0 Å². The van der Waals surface area contributed by atoms with Gasteiger partial charge >= 0.3 is 6.18 Å². The smallest absolute Gasteiger partial charge is 0.361 e. The number of halogens is 3.